The second kappa shape index (κ2) is 13.6. The molecule has 4 nitrogen and oxygen atoms in total. The van der Waals surface area contributed by atoms with Crippen LogP contribution in [0.1, 0.15) is 64.7 Å². The summed E-state index contributed by atoms with van der Waals surface area (Å²) in [6, 6.07) is 0. The molecule has 4 heteroatoms. The topological polar surface area (TPSA) is 58.9 Å². The Kier molecular flexibility index (Phi) is 12.4. The van der Waals surface area contributed by atoms with Gasteiger partial charge in [-0.3, -0.25) is 0 Å². The highest BCUT2D eigenvalue weighted by atomic mass is 16.1. The minimum absolute atomic E-state index is 0.499. The normalized spacial score (nSPS) is 10.6. The van der Waals surface area contributed by atoms with E-state index in [9.17, 15) is 9.59 Å². The highest BCUT2D eigenvalue weighted by Crippen LogP contribution is 2.13. The Morgan fingerprint density at radius 2 is 1.56 bits per heavy atom. The molecule has 0 saturated carbocycles. The Labute approximate surface area is 109 Å². The molecule has 0 saturated heterocycles. The Balaban J connectivity index is 3.61. The fourth-order valence-electron chi connectivity index (χ4n) is 1.75. The van der Waals surface area contributed by atoms with E-state index in [1.807, 2.05) is 0 Å². The van der Waals surface area contributed by atoms with E-state index >= 15 is 0 Å². The maximum absolute atomic E-state index is 10.1. The number of rotatable bonds is 11. The van der Waals surface area contributed by atoms with Gasteiger partial charge in [0.25, 0.3) is 0 Å². The van der Waals surface area contributed by atoms with Crippen molar-refractivity contribution in [3.8, 4) is 0 Å². The molecule has 0 atom stereocenters. The molecule has 0 aromatic carbocycles. The van der Waals surface area contributed by atoms with E-state index in [-0.39, 0.29) is 0 Å². The Morgan fingerprint density at radius 3 is 2.11 bits per heavy atom. The van der Waals surface area contributed by atoms with E-state index < -0.39 is 0 Å². The van der Waals surface area contributed by atoms with Crippen molar-refractivity contribution in [1.82, 2.24) is 0 Å². The first-order valence-corrected chi connectivity index (χ1v) is 6.69. The first-order chi connectivity index (χ1) is 8.85. The highest BCUT2D eigenvalue weighted by Gasteiger charge is 1.96. The summed E-state index contributed by atoms with van der Waals surface area (Å²) in [6.45, 7) is 2.21. The summed E-state index contributed by atoms with van der Waals surface area (Å²) in [6.07, 6.45) is 14.6. The molecule has 0 amide bonds. The van der Waals surface area contributed by atoms with Gasteiger partial charge in [0, 0.05) is 0 Å². The van der Waals surface area contributed by atoms with Crippen molar-refractivity contribution in [3.05, 3.63) is 11.9 Å². The molecular formula is C14H22N2O2. The Morgan fingerprint density at radius 1 is 0.944 bits per heavy atom. The van der Waals surface area contributed by atoms with Crippen molar-refractivity contribution in [3.63, 3.8) is 0 Å². The number of hydrogen-bond donors (Lipinski definition) is 0. The molecule has 0 spiro atoms. The van der Waals surface area contributed by atoms with E-state index in [0.717, 1.165) is 12.8 Å². The molecule has 18 heavy (non-hydrogen) atoms. The largest absolute Gasteiger partial charge is 0.240 e. The van der Waals surface area contributed by atoms with Crippen LogP contribution in [0.2, 0.25) is 0 Å². The van der Waals surface area contributed by atoms with Crippen LogP contribution in [0.25, 0.3) is 0 Å². The van der Waals surface area contributed by atoms with Crippen LogP contribution < -0.4 is 0 Å². The van der Waals surface area contributed by atoms with Crippen molar-refractivity contribution in [2.75, 3.05) is 0 Å². The SMILES string of the molecule is CCCCCCCCCC/C(=C/N=C=O)N=C=O. The smallest absolute Gasteiger partial charge is 0.211 e. The van der Waals surface area contributed by atoms with Gasteiger partial charge in [-0.05, 0) is 12.8 Å². The first-order valence-electron chi connectivity index (χ1n) is 6.69. The molecule has 0 heterocycles. The van der Waals surface area contributed by atoms with Crippen LogP contribution in [0.3, 0.4) is 0 Å². The number of allylic oxidation sites excluding steroid dienone is 1. The lowest BCUT2D eigenvalue weighted by Gasteiger charge is -2.01. The maximum Gasteiger partial charge on any atom is 0.240 e. The minimum atomic E-state index is 0.499. The minimum Gasteiger partial charge on any atom is -0.211 e. The quantitative estimate of drug-likeness (QED) is 0.316. The fraction of sp³-hybridized carbons (Fsp3) is 0.714. The number of unbranched alkanes of at least 4 members (excludes halogenated alkanes) is 7. The molecule has 0 aromatic rings. The van der Waals surface area contributed by atoms with Crippen LogP contribution in [-0.4, -0.2) is 12.2 Å². The van der Waals surface area contributed by atoms with Gasteiger partial charge in [-0.25, -0.2) is 9.59 Å². The van der Waals surface area contributed by atoms with Crippen LogP contribution in [0.4, 0.5) is 0 Å². The van der Waals surface area contributed by atoms with E-state index in [1.54, 1.807) is 0 Å². The molecule has 0 aliphatic heterocycles. The maximum atomic E-state index is 10.1. The average Bonchev–Trinajstić information content (AvgIpc) is 2.39. The van der Waals surface area contributed by atoms with Crippen LogP contribution in [0, 0.1) is 0 Å². The van der Waals surface area contributed by atoms with Crippen molar-refractivity contribution in [2.24, 2.45) is 9.98 Å². The van der Waals surface area contributed by atoms with E-state index in [0.29, 0.717) is 12.1 Å². The van der Waals surface area contributed by atoms with Gasteiger partial charge in [-0.2, -0.15) is 9.98 Å². The van der Waals surface area contributed by atoms with Gasteiger partial charge in [-0.15, -0.1) is 0 Å². The molecule has 0 aromatic heterocycles. The molecule has 0 bridgehead atoms. The van der Waals surface area contributed by atoms with Gasteiger partial charge < -0.3 is 0 Å². The molecule has 0 rings (SSSR count). The summed E-state index contributed by atoms with van der Waals surface area (Å²) in [4.78, 5) is 26.9. The molecule has 0 fully saturated rings. The summed E-state index contributed by atoms with van der Waals surface area (Å²) < 4.78 is 0. The summed E-state index contributed by atoms with van der Waals surface area (Å²) in [5, 5.41) is 0. The molecule has 0 N–H and O–H groups in total. The third-order valence-electron chi connectivity index (χ3n) is 2.74. The van der Waals surface area contributed by atoms with Crippen molar-refractivity contribution in [1.29, 1.82) is 0 Å². The average molecular weight is 250 g/mol. The predicted octanol–water partition coefficient (Wildman–Crippen LogP) is 4.03. The molecule has 0 aliphatic rings. The zero-order chi connectivity index (χ0) is 13.5. The Hall–Kier alpha value is -1.50. The molecular weight excluding hydrogens is 228 g/mol. The molecule has 0 unspecified atom stereocenters. The lowest BCUT2D eigenvalue weighted by atomic mass is 10.1. The first kappa shape index (κ1) is 16.5. The monoisotopic (exact) mass is 250 g/mol. The van der Waals surface area contributed by atoms with Gasteiger partial charge in [0.1, 0.15) is 0 Å². The van der Waals surface area contributed by atoms with Crippen LogP contribution in [0.15, 0.2) is 21.9 Å². The van der Waals surface area contributed by atoms with Gasteiger partial charge in [0.05, 0.1) is 11.9 Å². The summed E-state index contributed by atoms with van der Waals surface area (Å²) >= 11 is 0. The van der Waals surface area contributed by atoms with E-state index in [2.05, 4.69) is 16.9 Å². The number of carbonyl (C=O) groups excluding carboxylic acids is 2. The third kappa shape index (κ3) is 11.0. The molecule has 0 radical (unpaired) electrons. The van der Waals surface area contributed by atoms with Crippen LogP contribution in [-0.2, 0) is 9.59 Å². The van der Waals surface area contributed by atoms with Gasteiger partial charge in [0.15, 0.2) is 0 Å². The number of hydrogen-bond acceptors (Lipinski definition) is 4. The second-order valence-electron chi connectivity index (χ2n) is 4.27. The zero-order valence-electron chi connectivity index (χ0n) is 11.2. The van der Waals surface area contributed by atoms with Crippen LogP contribution >= 0.6 is 0 Å². The summed E-state index contributed by atoms with van der Waals surface area (Å²) in [5.41, 5.74) is 0.499. The lowest BCUT2D eigenvalue weighted by molar-refractivity contribution is 0.561. The third-order valence-corrected chi connectivity index (χ3v) is 2.74. The number of aliphatic imine (C=N–C) groups is 2. The van der Waals surface area contributed by atoms with Crippen molar-refractivity contribution >= 4 is 12.2 Å². The van der Waals surface area contributed by atoms with Gasteiger partial charge in [-0.1, -0.05) is 51.9 Å². The van der Waals surface area contributed by atoms with Gasteiger partial charge >= 0.3 is 0 Å². The van der Waals surface area contributed by atoms with E-state index in [1.165, 1.54) is 56.9 Å². The number of nitrogens with zero attached hydrogens (tertiary/aromatic N) is 2. The van der Waals surface area contributed by atoms with Gasteiger partial charge in [0.2, 0.25) is 12.2 Å². The van der Waals surface area contributed by atoms with E-state index in [4.69, 9.17) is 0 Å². The summed E-state index contributed by atoms with van der Waals surface area (Å²) in [7, 11) is 0. The second-order valence-corrected chi connectivity index (χ2v) is 4.27. The fourth-order valence-corrected chi connectivity index (χ4v) is 1.75. The van der Waals surface area contributed by atoms with Crippen molar-refractivity contribution < 1.29 is 9.59 Å². The highest BCUT2D eigenvalue weighted by molar-refractivity contribution is 5.38. The van der Waals surface area contributed by atoms with Crippen molar-refractivity contribution in [2.45, 2.75) is 64.7 Å². The Bertz CT molecular complexity index is 325. The predicted molar refractivity (Wildman–Crippen MR) is 71.6 cm³/mol. The molecule has 0 aliphatic carbocycles. The number of isocyanates is 2. The van der Waals surface area contributed by atoms with Crippen LogP contribution in [0.5, 0.6) is 0 Å². The standard InChI is InChI=1S/C14H22N2O2/c1-2-3-4-5-6-7-8-9-10-14(16-13-18)11-15-12-17/h11H,2-10H2,1H3/b14-11-. The summed E-state index contributed by atoms with van der Waals surface area (Å²) in [5.74, 6) is 0. The lowest BCUT2D eigenvalue weighted by Crippen LogP contribution is -1.83. The zero-order valence-corrected chi connectivity index (χ0v) is 11.2. The molecule has 100 valence electrons.